The lowest BCUT2D eigenvalue weighted by Gasteiger charge is -2.10. The molecule has 5 nitrogen and oxygen atoms in total. The Morgan fingerprint density at radius 3 is 2.58 bits per heavy atom. The molecule has 0 aliphatic carbocycles. The van der Waals surface area contributed by atoms with Crippen LogP contribution in [-0.4, -0.2) is 15.9 Å². The molecule has 1 heterocycles. The molecular weight excluding hydrogens is 348 g/mol. The quantitative estimate of drug-likeness (QED) is 0.701. The average Bonchev–Trinajstić information content (AvgIpc) is 2.65. The van der Waals surface area contributed by atoms with Gasteiger partial charge in [-0.1, -0.05) is 41.9 Å². The fourth-order valence-electron chi connectivity index (χ4n) is 2.47. The maximum atomic E-state index is 12.2. The Balaban J connectivity index is 1.64. The van der Waals surface area contributed by atoms with E-state index in [4.69, 9.17) is 11.6 Å². The van der Waals surface area contributed by atoms with Gasteiger partial charge in [-0.05, 0) is 42.7 Å². The summed E-state index contributed by atoms with van der Waals surface area (Å²) in [6, 6.07) is 13.5. The first-order valence-electron chi connectivity index (χ1n) is 8.21. The number of hydrogen-bond donors (Lipinski definition) is 2. The number of nitrogens with zero attached hydrogens (tertiary/aromatic N) is 2. The molecule has 0 aliphatic rings. The smallest absolute Gasteiger partial charge is 0.271 e. The molecule has 6 heteroatoms. The lowest BCUT2D eigenvalue weighted by Crippen LogP contribution is -2.24. The van der Waals surface area contributed by atoms with Crippen LogP contribution in [0.1, 0.15) is 27.2 Å². The van der Waals surface area contributed by atoms with Crippen LogP contribution in [0.5, 0.6) is 0 Å². The fourth-order valence-corrected chi connectivity index (χ4v) is 2.64. The van der Waals surface area contributed by atoms with Crippen molar-refractivity contribution in [3.8, 4) is 0 Å². The van der Waals surface area contributed by atoms with Gasteiger partial charge >= 0.3 is 0 Å². The Hall–Kier alpha value is -2.92. The Bertz CT molecular complexity index is 925. The molecule has 3 rings (SSSR count). The van der Waals surface area contributed by atoms with E-state index >= 15 is 0 Å². The van der Waals surface area contributed by atoms with Crippen LogP contribution in [-0.2, 0) is 6.54 Å². The van der Waals surface area contributed by atoms with Crippen LogP contribution in [0.4, 0.5) is 11.5 Å². The van der Waals surface area contributed by atoms with Crippen molar-refractivity contribution in [1.82, 2.24) is 15.3 Å². The molecule has 1 aromatic heterocycles. The summed E-state index contributed by atoms with van der Waals surface area (Å²) in [5.74, 6) is 0.289. The number of aromatic nitrogens is 2. The van der Waals surface area contributed by atoms with E-state index in [1.807, 2.05) is 56.3 Å². The molecule has 2 N–H and O–H groups in total. The van der Waals surface area contributed by atoms with E-state index in [2.05, 4.69) is 20.6 Å². The number of hydrogen-bond acceptors (Lipinski definition) is 4. The fraction of sp³-hybridized carbons (Fsp3) is 0.150. The number of nitrogens with one attached hydrogen (secondary N) is 2. The molecule has 0 aliphatic heterocycles. The number of halogens is 1. The Kier molecular flexibility index (Phi) is 5.49. The van der Waals surface area contributed by atoms with E-state index in [-0.39, 0.29) is 11.6 Å². The molecule has 26 heavy (non-hydrogen) atoms. The molecule has 0 saturated heterocycles. The van der Waals surface area contributed by atoms with Crippen LogP contribution in [0.3, 0.4) is 0 Å². The second-order valence-electron chi connectivity index (χ2n) is 5.93. The van der Waals surface area contributed by atoms with Crippen LogP contribution < -0.4 is 10.6 Å². The molecule has 3 aromatic rings. The normalized spacial score (nSPS) is 10.4. The summed E-state index contributed by atoms with van der Waals surface area (Å²) in [4.78, 5) is 20.7. The molecule has 0 unspecified atom stereocenters. The third-order valence-corrected chi connectivity index (χ3v) is 4.53. The van der Waals surface area contributed by atoms with Crippen LogP contribution in [0.2, 0.25) is 5.02 Å². The Labute approximate surface area is 157 Å². The number of carbonyl (C=O) groups excluding carboxylic acids is 1. The third kappa shape index (κ3) is 4.18. The van der Waals surface area contributed by atoms with Gasteiger partial charge in [0.15, 0.2) is 0 Å². The minimum absolute atomic E-state index is 0.258. The molecule has 0 bridgehead atoms. The first kappa shape index (κ1) is 17.9. The summed E-state index contributed by atoms with van der Waals surface area (Å²) >= 11 is 6.11. The van der Waals surface area contributed by atoms with Crippen LogP contribution >= 0.6 is 11.6 Å². The first-order valence-corrected chi connectivity index (χ1v) is 8.59. The van der Waals surface area contributed by atoms with E-state index < -0.39 is 0 Å². The van der Waals surface area contributed by atoms with Gasteiger partial charge in [-0.25, -0.2) is 9.97 Å². The number of rotatable bonds is 5. The average molecular weight is 367 g/mol. The van der Waals surface area contributed by atoms with Crippen molar-refractivity contribution in [3.63, 3.8) is 0 Å². The monoisotopic (exact) mass is 366 g/mol. The molecule has 0 radical (unpaired) electrons. The standard InChI is InChI=1S/C20H19ClN4O/c1-13-6-3-4-7-15(13)10-24-20(26)18-11-23-19(12-22-18)25-17-9-5-8-16(21)14(17)2/h3-9,11-12H,10H2,1-2H3,(H,23,25)(H,24,26). The lowest BCUT2D eigenvalue weighted by atomic mass is 10.1. The van der Waals surface area contributed by atoms with Gasteiger partial charge in [-0.2, -0.15) is 0 Å². The van der Waals surface area contributed by atoms with Gasteiger partial charge in [0.25, 0.3) is 5.91 Å². The molecule has 0 atom stereocenters. The molecule has 2 aromatic carbocycles. The van der Waals surface area contributed by atoms with Crippen molar-refractivity contribution >= 4 is 29.0 Å². The molecule has 0 saturated carbocycles. The highest BCUT2D eigenvalue weighted by atomic mass is 35.5. The van der Waals surface area contributed by atoms with Gasteiger partial charge in [0.05, 0.1) is 12.4 Å². The molecule has 132 valence electrons. The lowest BCUT2D eigenvalue weighted by molar-refractivity contribution is 0.0945. The predicted molar refractivity (Wildman–Crippen MR) is 104 cm³/mol. The summed E-state index contributed by atoms with van der Waals surface area (Å²) in [5.41, 5.74) is 4.25. The van der Waals surface area contributed by atoms with E-state index in [0.717, 1.165) is 22.4 Å². The summed E-state index contributed by atoms with van der Waals surface area (Å²) in [6.07, 6.45) is 2.98. The highest BCUT2D eigenvalue weighted by Gasteiger charge is 2.09. The van der Waals surface area contributed by atoms with E-state index in [1.54, 1.807) is 0 Å². The zero-order valence-electron chi connectivity index (χ0n) is 14.6. The van der Waals surface area contributed by atoms with Crippen LogP contribution in [0.15, 0.2) is 54.9 Å². The van der Waals surface area contributed by atoms with Crippen LogP contribution in [0, 0.1) is 13.8 Å². The van der Waals surface area contributed by atoms with Crippen molar-refractivity contribution in [2.24, 2.45) is 0 Å². The van der Waals surface area contributed by atoms with Gasteiger partial charge in [-0.3, -0.25) is 4.79 Å². The van der Waals surface area contributed by atoms with Crippen molar-refractivity contribution in [3.05, 3.63) is 82.3 Å². The number of amides is 1. The molecule has 0 fully saturated rings. The second kappa shape index (κ2) is 7.97. The minimum atomic E-state index is -0.258. The minimum Gasteiger partial charge on any atom is -0.347 e. The van der Waals surface area contributed by atoms with Gasteiger partial charge in [0.2, 0.25) is 0 Å². The van der Waals surface area contributed by atoms with Crippen LogP contribution in [0.25, 0.3) is 0 Å². The van der Waals surface area contributed by atoms with Crippen molar-refractivity contribution in [2.75, 3.05) is 5.32 Å². The summed E-state index contributed by atoms with van der Waals surface area (Å²) in [6.45, 7) is 4.39. The number of benzene rings is 2. The molecule has 0 spiro atoms. The number of anilines is 2. The number of carbonyl (C=O) groups is 1. The van der Waals surface area contributed by atoms with Gasteiger partial charge in [0, 0.05) is 17.3 Å². The first-order chi connectivity index (χ1) is 12.5. The zero-order valence-corrected chi connectivity index (χ0v) is 15.3. The Morgan fingerprint density at radius 1 is 1.04 bits per heavy atom. The van der Waals surface area contributed by atoms with Crippen molar-refractivity contribution < 1.29 is 4.79 Å². The maximum absolute atomic E-state index is 12.2. The van der Waals surface area contributed by atoms with Crippen molar-refractivity contribution in [1.29, 1.82) is 0 Å². The topological polar surface area (TPSA) is 66.9 Å². The third-order valence-electron chi connectivity index (χ3n) is 4.12. The summed E-state index contributed by atoms with van der Waals surface area (Å²) in [5, 5.41) is 6.69. The zero-order chi connectivity index (χ0) is 18.5. The SMILES string of the molecule is Cc1ccccc1CNC(=O)c1cnc(Nc2cccc(Cl)c2C)cn1. The molecular formula is C20H19ClN4O. The summed E-state index contributed by atoms with van der Waals surface area (Å²) in [7, 11) is 0. The maximum Gasteiger partial charge on any atom is 0.271 e. The van der Waals surface area contributed by atoms with E-state index in [0.29, 0.717) is 17.4 Å². The van der Waals surface area contributed by atoms with Gasteiger partial charge in [-0.15, -0.1) is 0 Å². The predicted octanol–water partition coefficient (Wildman–Crippen LogP) is 4.42. The van der Waals surface area contributed by atoms with E-state index in [9.17, 15) is 4.79 Å². The number of aryl methyl sites for hydroxylation is 1. The highest BCUT2D eigenvalue weighted by molar-refractivity contribution is 6.31. The van der Waals surface area contributed by atoms with Gasteiger partial charge in [0.1, 0.15) is 11.5 Å². The van der Waals surface area contributed by atoms with Gasteiger partial charge < -0.3 is 10.6 Å². The second-order valence-corrected chi connectivity index (χ2v) is 6.34. The Morgan fingerprint density at radius 2 is 1.85 bits per heavy atom. The largest absolute Gasteiger partial charge is 0.347 e. The summed E-state index contributed by atoms with van der Waals surface area (Å²) < 4.78 is 0. The van der Waals surface area contributed by atoms with E-state index in [1.165, 1.54) is 12.4 Å². The van der Waals surface area contributed by atoms with Crippen molar-refractivity contribution in [2.45, 2.75) is 20.4 Å². The highest BCUT2D eigenvalue weighted by Crippen LogP contribution is 2.25. The molecule has 1 amide bonds.